The average molecular weight is 231 g/mol. The van der Waals surface area contributed by atoms with E-state index in [-0.39, 0.29) is 5.75 Å². The number of hydrogen-bond donors (Lipinski definition) is 1. The molecular weight excluding hydrogens is 218 g/mol. The minimum absolute atomic E-state index is 0.192. The Morgan fingerprint density at radius 2 is 1.88 bits per heavy atom. The Kier molecular flexibility index (Phi) is 3.14. The zero-order valence-electron chi connectivity index (χ0n) is 9.68. The summed E-state index contributed by atoms with van der Waals surface area (Å²) >= 11 is 0. The van der Waals surface area contributed by atoms with Gasteiger partial charge in [-0.15, -0.1) is 0 Å². The van der Waals surface area contributed by atoms with Crippen LogP contribution < -0.4 is 9.47 Å². The topological polar surface area (TPSA) is 51.6 Å². The predicted molar refractivity (Wildman–Crippen MR) is 64.4 cm³/mol. The molecule has 0 aliphatic heterocycles. The molecule has 1 heterocycles. The molecule has 0 spiro atoms. The van der Waals surface area contributed by atoms with Gasteiger partial charge < -0.3 is 14.6 Å². The molecule has 0 aliphatic carbocycles. The molecule has 0 atom stereocenters. The molecular formula is C13H13NO3. The molecule has 0 aliphatic rings. The number of aromatic nitrogens is 1. The third-order valence-electron chi connectivity index (χ3n) is 2.46. The Balaban J connectivity index is 2.43. The molecule has 2 aromatic rings. The number of methoxy groups -OCH3 is 2. The predicted octanol–water partition coefficient (Wildman–Crippen LogP) is 2.47. The van der Waals surface area contributed by atoms with E-state index >= 15 is 0 Å². The van der Waals surface area contributed by atoms with Crippen LogP contribution in [0.5, 0.6) is 17.4 Å². The van der Waals surface area contributed by atoms with Crippen LogP contribution in [0.1, 0.15) is 0 Å². The highest BCUT2D eigenvalue weighted by molar-refractivity contribution is 5.71. The second-order valence-electron chi connectivity index (χ2n) is 3.47. The van der Waals surface area contributed by atoms with Crippen molar-refractivity contribution in [1.82, 2.24) is 4.98 Å². The van der Waals surface area contributed by atoms with Gasteiger partial charge in [0.25, 0.3) is 0 Å². The number of aromatic hydroxyl groups is 1. The summed E-state index contributed by atoms with van der Waals surface area (Å²) in [6.07, 6.45) is 1.65. The molecule has 4 heteroatoms. The maximum atomic E-state index is 9.80. The molecule has 4 nitrogen and oxygen atoms in total. The van der Waals surface area contributed by atoms with Crippen LogP contribution in [-0.2, 0) is 0 Å². The second-order valence-corrected chi connectivity index (χ2v) is 3.47. The second kappa shape index (κ2) is 4.74. The standard InChI is InChI=1S/C13H13NO3/c1-16-10-4-5-12(15)11(7-10)9-3-6-13(17-2)14-8-9/h3-8,15H,1-2H3. The monoisotopic (exact) mass is 231 g/mol. The van der Waals surface area contributed by atoms with Crippen LogP contribution >= 0.6 is 0 Å². The van der Waals surface area contributed by atoms with Gasteiger partial charge in [-0.3, -0.25) is 0 Å². The van der Waals surface area contributed by atoms with Gasteiger partial charge in [0, 0.05) is 23.4 Å². The van der Waals surface area contributed by atoms with Crippen molar-refractivity contribution in [2.24, 2.45) is 0 Å². The molecule has 0 radical (unpaired) electrons. The summed E-state index contributed by atoms with van der Waals surface area (Å²) in [6, 6.07) is 8.64. The first-order chi connectivity index (χ1) is 8.24. The highest BCUT2D eigenvalue weighted by Gasteiger charge is 2.06. The molecule has 0 amide bonds. The fourth-order valence-corrected chi connectivity index (χ4v) is 1.53. The molecule has 88 valence electrons. The summed E-state index contributed by atoms with van der Waals surface area (Å²) in [5, 5.41) is 9.80. The van der Waals surface area contributed by atoms with Gasteiger partial charge in [0.05, 0.1) is 14.2 Å². The Morgan fingerprint density at radius 1 is 1.06 bits per heavy atom. The van der Waals surface area contributed by atoms with E-state index in [1.165, 1.54) is 0 Å². The normalized spacial score (nSPS) is 10.0. The lowest BCUT2D eigenvalue weighted by molar-refractivity contribution is 0.398. The van der Waals surface area contributed by atoms with E-state index in [9.17, 15) is 5.11 Å². The molecule has 0 saturated heterocycles. The quantitative estimate of drug-likeness (QED) is 0.881. The van der Waals surface area contributed by atoms with Gasteiger partial charge in [0.1, 0.15) is 11.5 Å². The van der Waals surface area contributed by atoms with E-state index in [4.69, 9.17) is 9.47 Å². The zero-order chi connectivity index (χ0) is 12.3. The van der Waals surface area contributed by atoms with E-state index in [1.54, 1.807) is 44.7 Å². The maximum Gasteiger partial charge on any atom is 0.212 e. The van der Waals surface area contributed by atoms with Crippen LogP contribution in [0.4, 0.5) is 0 Å². The van der Waals surface area contributed by atoms with Crippen LogP contribution in [0.25, 0.3) is 11.1 Å². The molecule has 0 unspecified atom stereocenters. The summed E-state index contributed by atoms with van der Waals surface area (Å²) < 4.78 is 10.1. The van der Waals surface area contributed by atoms with Gasteiger partial charge in [0.15, 0.2) is 0 Å². The third kappa shape index (κ3) is 2.30. The van der Waals surface area contributed by atoms with Crippen molar-refractivity contribution < 1.29 is 14.6 Å². The molecule has 1 aromatic carbocycles. The Morgan fingerprint density at radius 3 is 2.47 bits per heavy atom. The summed E-state index contributed by atoms with van der Waals surface area (Å²) in [7, 11) is 3.15. The number of ether oxygens (including phenoxy) is 2. The molecule has 0 saturated carbocycles. The number of pyridine rings is 1. The van der Waals surface area contributed by atoms with Crippen LogP contribution in [-0.4, -0.2) is 24.3 Å². The zero-order valence-corrected chi connectivity index (χ0v) is 9.68. The van der Waals surface area contributed by atoms with Crippen LogP contribution in [0.3, 0.4) is 0 Å². The summed E-state index contributed by atoms with van der Waals surface area (Å²) in [4.78, 5) is 4.10. The largest absolute Gasteiger partial charge is 0.507 e. The van der Waals surface area contributed by atoms with Crippen molar-refractivity contribution in [1.29, 1.82) is 0 Å². The minimum atomic E-state index is 0.192. The van der Waals surface area contributed by atoms with Gasteiger partial charge in [-0.1, -0.05) is 0 Å². The summed E-state index contributed by atoms with van der Waals surface area (Å²) in [6.45, 7) is 0. The molecule has 1 aromatic heterocycles. The Hall–Kier alpha value is -2.23. The number of phenolic OH excluding ortho intramolecular Hbond substituents is 1. The Bertz CT molecular complexity index is 509. The fourth-order valence-electron chi connectivity index (χ4n) is 1.53. The lowest BCUT2D eigenvalue weighted by Gasteiger charge is -2.07. The SMILES string of the molecule is COc1ccc(O)c(-c2ccc(OC)nc2)c1. The number of nitrogens with zero attached hydrogens (tertiary/aromatic N) is 1. The van der Waals surface area contributed by atoms with E-state index < -0.39 is 0 Å². The van der Waals surface area contributed by atoms with Crippen LogP contribution in [0.2, 0.25) is 0 Å². The number of rotatable bonds is 3. The van der Waals surface area contributed by atoms with Gasteiger partial charge in [-0.2, -0.15) is 0 Å². The van der Waals surface area contributed by atoms with Gasteiger partial charge in [-0.25, -0.2) is 4.98 Å². The van der Waals surface area contributed by atoms with Gasteiger partial charge >= 0.3 is 0 Å². The first-order valence-electron chi connectivity index (χ1n) is 5.12. The fraction of sp³-hybridized carbons (Fsp3) is 0.154. The van der Waals surface area contributed by atoms with Crippen molar-refractivity contribution in [3.63, 3.8) is 0 Å². The third-order valence-corrected chi connectivity index (χ3v) is 2.46. The summed E-state index contributed by atoms with van der Waals surface area (Å²) in [5.41, 5.74) is 1.49. The average Bonchev–Trinajstić information content (AvgIpc) is 2.39. The Labute approximate surface area is 99.5 Å². The molecule has 17 heavy (non-hydrogen) atoms. The minimum Gasteiger partial charge on any atom is -0.507 e. The van der Waals surface area contributed by atoms with E-state index in [2.05, 4.69) is 4.98 Å². The maximum absolute atomic E-state index is 9.80. The highest BCUT2D eigenvalue weighted by Crippen LogP contribution is 2.32. The number of phenols is 1. The number of benzene rings is 1. The van der Waals surface area contributed by atoms with Crippen LogP contribution in [0, 0.1) is 0 Å². The van der Waals surface area contributed by atoms with Crippen molar-refractivity contribution in [3.8, 4) is 28.5 Å². The highest BCUT2D eigenvalue weighted by atomic mass is 16.5. The van der Waals surface area contributed by atoms with Crippen molar-refractivity contribution in [3.05, 3.63) is 36.5 Å². The van der Waals surface area contributed by atoms with Crippen molar-refractivity contribution >= 4 is 0 Å². The van der Waals surface area contributed by atoms with E-state index in [1.807, 2.05) is 6.07 Å². The lowest BCUT2D eigenvalue weighted by atomic mass is 10.1. The molecule has 1 N–H and O–H groups in total. The molecule has 0 bridgehead atoms. The van der Waals surface area contributed by atoms with Gasteiger partial charge in [0.2, 0.25) is 5.88 Å². The number of hydrogen-bond acceptors (Lipinski definition) is 4. The van der Waals surface area contributed by atoms with Gasteiger partial charge in [-0.05, 0) is 24.3 Å². The van der Waals surface area contributed by atoms with Crippen LogP contribution in [0.15, 0.2) is 36.5 Å². The smallest absolute Gasteiger partial charge is 0.212 e. The lowest BCUT2D eigenvalue weighted by Crippen LogP contribution is -1.88. The van der Waals surface area contributed by atoms with Crippen molar-refractivity contribution in [2.75, 3.05) is 14.2 Å². The van der Waals surface area contributed by atoms with Crippen molar-refractivity contribution in [2.45, 2.75) is 0 Å². The molecule has 0 fully saturated rings. The summed E-state index contributed by atoms with van der Waals surface area (Å²) in [5.74, 6) is 1.42. The van der Waals surface area contributed by atoms with E-state index in [0.717, 1.165) is 5.56 Å². The first-order valence-corrected chi connectivity index (χ1v) is 5.12. The molecule has 2 rings (SSSR count). The van der Waals surface area contributed by atoms with E-state index in [0.29, 0.717) is 17.2 Å². The first kappa shape index (κ1) is 11.3.